The Balaban J connectivity index is 2.15. The van der Waals surface area contributed by atoms with Crippen LogP contribution in [-0.2, 0) is 4.79 Å². The smallest absolute Gasteiger partial charge is 0.238 e. The first-order chi connectivity index (χ1) is 9.96. The van der Waals surface area contributed by atoms with E-state index in [1.165, 1.54) is 0 Å². The molecule has 0 aliphatic carbocycles. The number of thioether (sulfide) groups is 1. The van der Waals surface area contributed by atoms with Crippen molar-refractivity contribution in [3.05, 3.63) is 29.8 Å². The topological polar surface area (TPSA) is 41.6 Å². The lowest BCUT2D eigenvalue weighted by Crippen LogP contribution is -2.40. The number of carbonyl (C=O) groups is 1. The molecule has 2 rings (SSSR count). The van der Waals surface area contributed by atoms with E-state index < -0.39 is 0 Å². The molecule has 1 aliphatic heterocycles. The molecule has 1 amide bonds. The molecule has 116 valence electrons. The molecule has 1 aromatic carbocycles. The number of carbonyl (C=O) groups excluding carboxylic acids is 1. The van der Waals surface area contributed by atoms with Gasteiger partial charge < -0.3 is 9.64 Å². The summed E-state index contributed by atoms with van der Waals surface area (Å²) in [5.41, 5.74) is 1.10. The number of nitrogens with zero attached hydrogens (tertiary/aromatic N) is 1. The zero-order valence-corrected chi connectivity index (χ0v) is 14.0. The first-order valence-corrected chi connectivity index (χ1v) is 8.50. The third-order valence-electron chi connectivity index (χ3n) is 3.69. The third-order valence-corrected chi connectivity index (χ3v) is 4.92. The van der Waals surface area contributed by atoms with Gasteiger partial charge in [0.25, 0.3) is 0 Å². The molecule has 4 nitrogen and oxygen atoms in total. The molecule has 0 radical (unpaired) electrons. The third kappa shape index (κ3) is 3.92. The first kappa shape index (κ1) is 16.2. The molecule has 0 spiro atoms. The summed E-state index contributed by atoms with van der Waals surface area (Å²) in [4.78, 5) is 14.1. The minimum Gasteiger partial charge on any atom is -0.494 e. The summed E-state index contributed by atoms with van der Waals surface area (Å²) in [5, 5.41) is 3.30. The van der Waals surface area contributed by atoms with E-state index in [2.05, 4.69) is 25.4 Å². The van der Waals surface area contributed by atoms with Crippen molar-refractivity contribution in [2.45, 2.75) is 31.7 Å². The molecular formula is C16H24N2O2S. The predicted octanol–water partition coefficient (Wildman–Crippen LogP) is 2.66. The highest BCUT2D eigenvalue weighted by molar-refractivity contribution is 7.99. The zero-order chi connectivity index (χ0) is 15.5. The molecule has 1 atom stereocenters. The van der Waals surface area contributed by atoms with Crippen molar-refractivity contribution in [2.75, 3.05) is 26.0 Å². The zero-order valence-electron chi connectivity index (χ0n) is 13.2. The van der Waals surface area contributed by atoms with E-state index in [1.54, 1.807) is 11.8 Å². The number of hydrogen-bond donors (Lipinski definition) is 1. The lowest BCUT2D eigenvalue weighted by Gasteiger charge is -2.32. The van der Waals surface area contributed by atoms with Crippen molar-refractivity contribution in [1.29, 1.82) is 0 Å². The quantitative estimate of drug-likeness (QED) is 0.877. The van der Waals surface area contributed by atoms with Gasteiger partial charge in [-0.1, -0.05) is 12.1 Å². The molecule has 0 bridgehead atoms. The number of ether oxygens (including phenoxy) is 1. The number of rotatable bonds is 6. The lowest BCUT2D eigenvalue weighted by atomic mass is 10.1. The van der Waals surface area contributed by atoms with Crippen LogP contribution in [-0.4, -0.2) is 41.5 Å². The summed E-state index contributed by atoms with van der Waals surface area (Å²) in [6.07, 6.45) is 2.04. The van der Waals surface area contributed by atoms with Gasteiger partial charge in [-0.3, -0.25) is 10.1 Å². The fourth-order valence-electron chi connectivity index (χ4n) is 2.40. The van der Waals surface area contributed by atoms with E-state index in [0.29, 0.717) is 13.2 Å². The lowest BCUT2D eigenvalue weighted by molar-refractivity contribution is -0.128. The van der Waals surface area contributed by atoms with Crippen LogP contribution >= 0.6 is 11.8 Å². The van der Waals surface area contributed by atoms with Crippen molar-refractivity contribution in [2.24, 2.45) is 0 Å². The van der Waals surface area contributed by atoms with Gasteiger partial charge in [0.2, 0.25) is 5.91 Å². The molecule has 1 N–H and O–H groups in total. The molecule has 0 saturated carbocycles. The van der Waals surface area contributed by atoms with Gasteiger partial charge in [0.05, 0.1) is 13.2 Å². The van der Waals surface area contributed by atoms with E-state index in [9.17, 15) is 4.79 Å². The first-order valence-electron chi connectivity index (χ1n) is 7.27. The number of nitrogens with one attached hydrogen (secondary N) is 1. The van der Waals surface area contributed by atoms with Gasteiger partial charge >= 0.3 is 0 Å². The van der Waals surface area contributed by atoms with E-state index in [1.807, 2.05) is 36.1 Å². The Hall–Kier alpha value is -1.20. The Bertz CT molecular complexity index is 488. The highest BCUT2D eigenvalue weighted by Crippen LogP contribution is 2.30. The second-order valence-electron chi connectivity index (χ2n) is 5.77. The van der Waals surface area contributed by atoms with E-state index in [-0.39, 0.29) is 16.8 Å². The monoisotopic (exact) mass is 308 g/mol. The summed E-state index contributed by atoms with van der Waals surface area (Å²) in [6.45, 7) is 8.10. The Morgan fingerprint density at radius 3 is 2.62 bits per heavy atom. The maximum atomic E-state index is 12.2. The van der Waals surface area contributed by atoms with Crippen molar-refractivity contribution < 1.29 is 9.53 Å². The number of benzene rings is 1. The molecule has 5 heteroatoms. The van der Waals surface area contributed by atoms with Crippen LogP contribution in [0.2, 0.25) is 0 Å². The van der Waals surface area contributed by atoms with Gasteiger partial charge in [-0.15, -0.1) is 0 Å². The minimum atomic E-state index is -0.0420. The molecule has 1 aromatic rings. The highest BCUT2D eigenvalue weighted by atomic mass is 32.2. The second kappa shape index (κ2) is 6.71. The van der Waals surface area contributed by atoms with Gasteiger partial charge in [0.1, 0.15) is 11.9 Å². The van der Waals surface area contributed by atoms with E-state index in [4.69, 9.17) is 4.74 Å². The van der Waals surface area contributed by atoms with Crippen LogP contribution in [0.4, 0.5) is 0 Å². The fraction of sp³-hybridized carbons (Fsp3) is 0.562. The molecule has 1 heterocycles. The predicted molar refractivity (Wildman–Crippen MR) is 87.7 cm³/mol. The Labute approximate surface area is 131 Å². The molecule has 0 aromatic heterocycles. The molecule has 1 aliphatic rings. The van der Waals surface area contributed by atoms with Crippen LogP contribution in [0.15, 0.2) is 24.3 Å². The normalized spacial score (nSPS) is 19.1. The van der Waals surface area contributed by atoms with Crippen molar-refractivity contribution in [3.63, 3.8) is 0 Å². The van der Waals surface area contributed by atoms with Crippen LogP contribution < -0.4 is 10.1 Å². The number of amides is 1. The Kier molecular flexibility index (Phi) is 5.17. The Morgan fingerprint density at radius 2 is 2.05 bits per heavy atom. The molecular weight excluding hydrogens is 284 g/mol. The summed E-state index contributed by atoms with van der Waals surface area (Å²) in [6, 6.07) is 7.98. The summed E-state index contributed by atoms with van der Waals surface area (Å²) in [7, 11) is 0. The van der Waals surface area contributed by atoms with Gasteiger partial charge in [-0.25, -0.2) is 0 Å². The Morgan fingerprint density at radius 1 is 1.38 bits per heavy atom. The van der Waals surface area contributed by atoms with E-state index >= 15 is 0 Å². The average molecular weight is 308 g/mol. The highest BCUT2D eigenvalue weighted by Gasteiger charge is 2.35. The van der Waals surface area contributed by atoms with Crippen LogP contribution in [0.1, 0.15) is 32.5 Å². The minimum absolute atomic E-state index is 0.0420. The van der Waals surface area contributed by atoms with Gasteiger partial charge in [-0.05, 0) is 44.7 Å². The van der Waals surface area contributed by atoms with Crippen molar-refractivity contribution >= 4 is 17.7 Å². The van der Waals surface area contributed by atoms with Crippen molar-refractivity contribution in [1.82, 2.24) is 10.2 Å². The van der Waals surface area contributed by atoms with Crippen LogP contribution in [0.25, 0.3) is 0 Å². The average Bonchev–Trinajstić information content (AvgIpc) is 2.81. The second-order valence-corrected chi connectivity index (χ2v) is 7.28. The number of hydrogen-bond acceptors (Lipinski definition) is 4. The van der Waals surface area contributed by atoms with Crippen LogP contribution in [0.3, 0.4) is 0 Å². The molecule has 1 fully saturated rings. The maximum absolute atomic E-state index is 12.2. The summed E-state index contributed by atoms with van der Waals surface area (Å²) >= 11 is 1.78. The summed E-state index contributed by atoms with van der Waals surface area (Å²) in [5.74, 6) is 1.03. The van der Waals surface area contributed by atoms with Crippen LogP contribution in [0.5, 0.6) is 5.75 Å². The van der Waals surface area contributed by atoms with Gasteiger partial charge in [-0.2, -0.15) is 11.8 Å². The molecule has 21 heavy (non-hydrogen) atoms. The molecule has 1 saturated heterocycles. The largest absolute Gasteiger partial charge is 0.494 e. The van der Waals surface area contributed by atoms with E-state index in [0.717, 1.165) is 17.9 Å². The molecule has 1 unspecified atom stereocenters. The fourth-order valence-corrected chi connectivity index (χ4v) is 2.67. The standard InChI is InChI=1S/C16H24N2O2S/c1-5-20-13-8-6-12(7-9-13)15-17-10-14(19)18(15)11-16(2,3)21-4/h6-9,15,17H,5,10-11H2,1-4H3. The van der Waals surface area contributed by atoms with Crippen molar-refractivity contribution in [3.8, 4) is 5.75 Å². The summed E-state index contributed by atoms with van der Waals surface area (Å²) < 4.78 is 5.51. The van der Waals surface area contributed by atoms with Gasteiger partial charge in [0.15, 0.2) is 0 Å². The SMILES string of the molecule is CCOc1ccc(C2NCC(=O)N2CC(C)(C)SC)cc1. The maximum Gasteiger partial charge on any atom is 0.238 e. The van der Waals surface area contributed by atoms with Crippen LogP contribution in [0, 0.1) is 0 Å². The van der Waals surface area contributed by atoms with Gasteiger partial charge in [0, 0.05) is 11.3 Å².